The topological polar surface area (TPSA) is 67.6 Å². The van der Waals surface area contributed by atoms with E-state index in [1.807, 2.05) is 0 Å². The van der Waals surface area contributed by atoms with Crippen molar-refractivity contribution in [3.63, 3.8) is 0 Å². The van der Waals surface area contributed by atoms with Gasteiger partial charge < -0.3 is 10.1 Å². The zero-order chi connectivity index (χ0) is 13.5. The van der Waals surface area contributed by atoms with E-state index in [0.29, 0.717) is 12.4 Å². The first-order valence-corrected chi connectivity index (χ1v) is 6.56. The molecule has 0 unspecified atom stereocenters. The Bertz CT molecular complexity index is 417. The van der Waals surface area contributed by atoms with Crippen LogP contribution in [-0.2, 0) is 0 Å². The van der Waals surface area contributed by atoms with Gasteiger partial charge in [-0.25, -0.2) is 0 Å². The van der Waals surface area contributed by atoms with Gasteiger partial charge in [-0.1, -0.05) is 6.07 Å². The number of benzene rings is 1. The predicted octanol–water partition coefficient (Wildman–Crippen LogP) is 1.27. The van der Waals surface area contributed by atoms with Gasteiger partial charge in [0.1, 0.15) is 12.4 Å². The predicted molar refractivity (Wildman–Crippen MR) is 72.5 cm³/mol. The van der Waals surface area contributed by atoms with Crippen molar-refractivity contribution < 1.29 is 9.66 Å². The maximum atomic E-state index is 10.6. The number of nitro benzene ring substituents is 1. The first-order valence-electron chi connectivity index (χ1n) is 6.56. The Morgan fingerprint density at radius 2 is 2.26 bits per heavy atom. The molecule has 1 fully saturated rings. The van der Waals surface area contributed by atoms with E-state index in [2.05, 4.69) is 10.2 Å². The molecule has 1 aromatic rings. The van der Waals surface area contributed by atoms with E-state index in [9.17, 15) is 10.1 Å². The summed E-state index contributed by atoms with van der Waals surface area (Å²) in [6.45, 7) is 5.59. The van der Waals surface area contributed by atoms with Crippen LogP contribution in [0.15, 0.2) is 24.3 Å². The van der Waals surface area contributed by atoms with Crippen molar-refractivity contribution in [1.82, 2.24) is 10.2 Å². The third-order valence-electron chi connectivity index (χ3n) is 3.14. The minimum absolute atomic E-state index is 0.0662. The number of hydrogen-bond acceptors (Lipinski definition) is 5. The molecule has 1 aliphatic heterocycles. The van der Waals surface area contributed by atoms with E-state index in [-0.39, 0.29) is 5.69 Å². The average Bonchev–Trinajstić information content (AvgIpc) is 2.68. The Kier molecular flexibility index (Phi) is 5.11. The second-order valence-electron chi connectivity index (χ2n) is 4.55. The van der Waals surface area contributed by atoms with Crippen LogP contribution >= 0.6 is 0 Å². The highest BCUT2D eigenvalue weighted by molar-refractivity contribution is 5.37. The highest BCUT2D eigenvalue weighted by atomic mass is 16.6. The lowest BCUT2D eigenvalue weighted by atomic mass is 10.3. The maximum Gasteiger partial charge on any atom is 0.273 e. The Morgan fingerprint density at radius 3 is 3.11 bits per heavy atom. The van der Waals surface area contributed by atoms with Gasteiger partial charge >= 0.3 is 0 Å². The third kappa shape index (κ3) is 4.50. The molecule has 1 aliphatic rings. The lowest BCUT2D eigenvalue weighted by Gasteiger charge is -2.19. The average molecular weight is 265 g/mol. The van der Waals surface area contributed by atoms with Crippen LogP contribution in [0.5, 0.6) is 5.75 Å². The van der Waals surface area contributed by atoms with Crippen molar-refractivity contribution >= 4 is 5.69 Å². The van der Waals surface area contributed by atoms with E-state index in [1.165, 1.54) is 12.1 Å². The normalized spacial score (nSPS) is 16.8. The van der Waals surface area contributed by atoms with Crippen molar-refractivity contribution in [2.45, 2.75) is 6.42 Å². The molecule has 0 atom stereocenters. The van der Waals surface area contributed by atoms with Crippen molar-refractivity contribution in [3.05, 3.63) is 34.4 Å². The van der Waals surface area contributed by atoms with E-state index < -0.39 is 4.92 Å². The van der Waals surface area contributed by atoms with Gasteiger partial charge in [-0.05, 0) is 25.6 Å². The maximum absolute atomic E-state index is 10.6. The van der Waals surface area contributed by atoms with Crippen LogP contribution in [0.25, 0.3) is 0 Å². The van der Waals surface area contributed by atoms with Gasteiger partial charge in [0.25, 0.3) is 5.69 Å². The summed E-state index contributed by atoms with van der Waals surface area (Å²) in [5.74, 6) is 0.558. The molecular weight excluding hydrogens is 246 g/mol. The van der Waals surface area contributed by atoms with Crippen molar-refractivity contribution in [2.24, 2.45) is 0 Å². The SMILES string of the molecule is O=[N+]([O-])c1cccc(OCCN2CCCNCC2)c1. The molecule has 6 heteroatoms. The third-order valence-corrected chi connectivity index (χ3v) is 3.14. The molecule has 104 valence electrons. The summed E-state index contributed by atoms with van der Waals surface area (Å²) in [5.41, 5.74) is 0.0662. The van der Waals surface area contributed by atoms with Crippen LogP contribution in [0.3, 0.4) is 0 Å². The fourth-order valence-corrected chi connectivity index (χ4v) is 2.10. The molecule has 0 amide bonds. The van der Waals surface area contributed by atoms with Crippen LogP contribution in [-0.4, -0.2) is 49.2 Å². The van der Waals surface area contributed by atoms with Crippen LogP contribution in [0, 0.1) is 10.1 Å². The number of nitrogens with one attached hydrogen (secondary N) is 1. The van der Waals surface area contributed by atoms with E-state index in [4.69, 9.17) is 4.74 Å². The number of nitro groups is 1. The molecule has 0 saturated carbocycles. The fraction of sp³-hybridized carbons (Fsp3) is 0.538. The van der Waals surface area contributed by atoms with Crippen molar-refractivity contribution in [3.8, 4) is 5.75 Å². The fourth-order valence-electron chi connectivity index (χ4n) is 2.10. The number of nitrogens with zero attached hydrogens (tertiary/aromatic N) is 2. The Hall–Kier alpha value is -1.66. The Labute approximate surface area is 112 Å². The number of hydrogen-bond donors (Lipinski definition) is 1. The van der Waals surface area contributed by atoms with Gasteiger partial charge in [0.15, 0.2) is 0 Å². The van der Waals surface area contributed by atoms with E-state index in [0.717, 1.165) is 39.1 Å². The first kappa shape index (κ1) is 13.8. The Balaban J connectivity index is 1.78. The zero-order valence-electron chi connectivity index (χ0n) is 10.9. The molecule has 0 spiro atoms. The van der Waals surface area contributed by atoms with Gasteiger partial charge in [-0.15, -0.1) is 0 Å². The molecule has 19 heavy (non-hydrogen) atoms. The summed E-state index contributed by atoms with van der Waals surface area (Å²) in [4.78, 5) is 12.6. The quantitative estimate of drug-likeness (QED) is 0.641. The van der Waals surface area contributed by atoms with Gasteiger partial charge in [0, 0.05) is 25.7 Å². The molecule has 0 radical (unpaired) electrons. The summed E-state index contributed by atoms with van der Waals surface area (Å²) in [7, 11) is 0. The summed E-state index contributed by atoms with van der Waals surface area (Å²) in [6.07, 6.45) is 1.15. The second-order valence-corrected chi connectivity index (χ2v) is 4.55. The highest BCUT2D eigenvalue weighted by Gasteiger charge is 2.09. The second kappa shape index (κ2) is 7.06. The molecule has 1 heterocycles. The van der Waals surface area contributed by atoms with Crippen LogP contribution < -0.4 is 10.1 Å². The highest BCUT2D eigenvalue weighted by Crippen LogP contribution is 2.18. The van der Waals surface area contributed by atoms with Gasteiger partial charge in [-0.3, -0.25) is 15.0 Å². The molecule has 2 rings (SSSR count). The number of non-ortho nitro benzene ring substituents is 1. The molecule has 0 aliphatic carbocycles. The summed E-state index contributed by atoms with van der Waals surface area (Å²) >= 11 is 0. The first-order chi connectivity index (χ1) is 9.25. The molecule has 6 nitrogen and oxygen atoms in total. The molecule has 1 saturated heterocycles. The van der Waals surface area contributed by atoms with Crippen molar-refractivity contribution in [1.29, 1.82) is 0 Å². The molecule has 0 bridgehead atoms. The van der Waals surface area contributed by atoms with Gasteiger partial charge in [0.05, 0.1) is 11.0 Å². The smallest absolute Gasteiger partial charge is 0.273 e. The lowest BCUT2D eigenvalue weighted by Crippen LogP contribution is -2.31. The molecular formula is C13H19N3O3. The Morgan fingerprint density at radius 1 is 1.37 bits per heavy atom. The molecule has 0 aromatic heterocycles. The largest absolute Gasteiger partial charge is 0.492 e. The molecule has 1 N–H and O–H groups in total. The van der Waals surface area contributed by atoms with E-state index >= 15 is 0 Å². The van der Waals surface area contributed by atoms with Crippen LogP contribution in [0.2, 0.25) is 0 Å². The standard InChI is InChI=1S/C13H19N3O3/c17-16(18)12-3-1-4-13(11-12)19-10-9-15-7-2-5-14-6-8-15/h1,3-4,11,14H,2,5-10H2. The molecule has 1 aromatic carbocycles. The van der Waals surface area contributed by atoms with Gasteiger partial charge in [0.2, 0.25) is 0 Å². The lowest BCUT2D eigenvalue weighted by molar-refractivity contribution is -0.384. The van der Waals surface area contributed by atoms with Crippen LogP contribution in [0.4, 0.5) is 5.69 Å². The van der Waals surface area contributed by atoms with Gasteiger partial charge in [-0.2, -0.15) is 0 Å². The zero-order valence-corrected chi connectivity index (χ0v) is 10.9. The minimum Gasteiger partial charge on any atom is -0.492 e. The number of rotatable bonds is 5. The number of ether oxygens (including phenoxy) is 1. The monoisotopic (exact) mass is 265 g/mol. The summed E-state index contributed by atoms with van der Waals surface area (Å²) in [6, 6.07) is 6.32. The summed E-state index contributed by atoms with van der Waals surface area (Å²) < 4.78 is 5.57. The van der Waals surface area contributed by atoms with Crippen LogP contribution in [0.1, 0.15) is 6.42 Å². The van der Waals surface area contributed by atoms with Crippen molar-refractivity contribution in [2.75, 3.05) is 39.3 Å². The summed E-state index contributed by atoms with van der Waals surface area (Å²) in [5, 5.41) is 14.0. The van der Waals surface area contributed by atoms with E-state index in [1.54, 1.807) is 12.1 Å². The minimum atomic E-state index is -0.409.